The Morgan fingerprint density at radius 3 is 2.56 bits per heavy atom. The van der Waals surface area contributed by atoms with Crippen LogP contribution in [-0.2, 0) is 39.9 Å². The molecular formula is C30H35N5O8. The Morgan fingerprint density at radius 2 is 1.86 bits per heavy atom. The van der Waals surface area contributed by atoms with Gasteiger partial charge in [-0.2, -0.15) is 0 Å². The molecule has 2 aliphatic rings. The molecule has 4 bridgehead atoms. The fourth-order valence-electron chi connectivity index (χ4n) is 5.07. The van der Waals surface area contributed by atoms with Crippen molar-refractivity contribution < 1.29 is 38.6 Å². The topological polar surface area (TPSA) is 183 Å². The lowest BCUT2D eigenvalue weighted by molar-refractivity contribution is -0.139. The van der Waals surface area contributed by atoms with E-state index < -0.39 is 55.3 Å². The van der Waals surface area contributed by atoms with E-state index in [9.17, 15) is 33.9 Å². The maximum atomic E-state index is 13.5. The summed E-state index contributed by atoms with van der Waals surface area (Å²) in [5, 5.41) is 21.4. The van der Waals surface area contributed by atoms with Gasteiger partial charge in [0.15, 0.2) is 12.4 Å². The zero-order valence-corrected chi connectivity index (χ0v) is 24.0. The van der Waals surface area contributed by atoms with E-state index in [1.807, 2.05) is 6.07 Å². The highest BCUT2D eigenvalue weighted by atomic mass is 16.5. The fraction of sp³-hybridized carbons (Fsp3) is 0.400. The van der Waals surface area contributed by atoms with Crippen LogP contribution in [0.25, 0.3) is 11.1 Å². The normalized spacial score (nSPS) is 18.4. The predicted octanol–water partition coefficient (Wildman–Crippen LogP) is -0.329. The quantitative estimate of drug-likeness (QED) is 0.230. The van der Waals surface area contributed by atoms with Crippen LogP contribution in [0.3, 0.4) is 0 Å². The van der Waals surface area contributed by atoms with Crippen molar-refractivity contribution in [3.05, 3.63) is 53.1 Å². The number of likely N-dealkylation sites (N-methyl/N-ethyl adjacent to an activating group) is 2. The molecule has 1 fully saturated rings. The number of benzene rings is 2. The number of ether oxygens (including phenoxy) is 1. The van der Waals surface area contributed by atoms with Gasteiger partial charge < -0.3 is 36.0 Å². The minimum Gasteiger partial charge on any atom is -0.507 e. The van der Waals surface area contributed by atoms with E-state index >= 15 is 0 Å². The number of ketones is 1. The molecular weight excluding hydrogens is 558 g/mol. The lowest BCUT2D eigenvalue weighted by Gasteiger charge is -2.29. The van der Waals surface area contributed by atoms with E-state index in [0.29, 0.717) is 22.3 Å². The molecule has 13 heteroatoms. The largest absolute Gasteiger partial charge is 0.507 e. The van der Waals surface area contributed by atoms with Crippen molar-refractivity contribution in [3.63, 3.8) is 0 Å². The molecule has 5 N–H and O–H groups in total. The highest BCUT2D eigenvalue weighted by Gasteiger charge is 2.33. The number of nitrogens with zero attached hydrogens (tertiary/aromatic N) is 1. The van der Waals surface area contributed by atoms with Gasteiger partial charge in [0.1, 0.15) is 17.8 Å². The Balaban J connectivity index is 1.75. The van der Waals surface area contributed by atoms with Crippen molar-refractivity contribution >= 4 is 35.9 Å². The summed E-state index contributed by atoms with van der Waals surface area (Å²) in [6, 6.07) is 8.13. The number of amides is 4. The smallest absolute Gasteiger partial charge is 0.293 e. The third-order valence-corrected chi connectivity index (χ3v) is 7.41. The Morgan fingerprint density at radius 1 is 1.09 bits per heavy atom. The van der Waals surface area contributed by atoms with Crippen molar-refractivity contribution in [2.75, 3.05) is 40.3 Å². The predicted molar refractivity (Wildman–Crippen MR) is 154 cm³/mol. The van der Waals surface area contributed by atoms with Crippen LogP contribution in [0, 0.1) is 0 Å². The van der Waals surface area contributed by atoms with Gasteiger partial charge in [0.25, 0.3) is 6.47 Å². The number of phenols is 1. The SMILES string of the molecule is CNCC(=O)N(C)C1C(=O)NCC(=O)NC(C(=O)NCC(=O)COC=O)Cc2ccc(O)c(c2)-c2cc1ccc2C1CC1. The lowest BCUT2D eigenvalue weighted by atomic mass is 9.90. The van der Waals surface area contributed by atoms with Crippen LogP contribution in [0.4, 0.5) is 0 Å². The van der Waals surface area contributed by atoms with Crippen molar-refractivity contribution in [2.45, 2.75) is 37.3 Å². The molecule has 2 unspecified atom stereocenters. The number of carbonyl (C=O) groups excluding carboxylic acids is 6. The number of carbonyl (C=O) groups is 6. The van der Waals surface area contributed by atoms with E-state index in [4.69, 9.17) is 0 Å². The number of nitrogens with one attached hydrogen (secondary N) is 4. The van der Waals surface area contributed by atoms with Crippen LogP contribution >= 0.6 is 0 Å². The first-order chi connectivity index (χ1) is 20.6. The van der Waals surface area contributed by atoms with Crippen LogP contribution in [0.15, 0.2) is 36.4 Å². The van der Waals surface area contributed by atoms with Gasteiger partial charge >= 0.3 is 0 Å². The number of hydrogen-bond donors (Lipinski definition) is 5. The molecule has 1 aliphatic heterocycles. The maximum Gasteiger partial charge on any atom is 0.293 e. The van der Waals surface area contributed by atoms with E-state index in [0.717, 1.165) is 18.4 Å². The van der Waals surface area contributed by atoms with Gasteiger partial charge in [0.05, 0.1) is 19.6 Å². The van der Waals surface area contributed by atoms with E-state index in [1.165, 1.54) is 18.0 Å². The lowest BCUT2D eigenvalue weighted by Crippen LogP contribution is -2.52. The Hall–Kier alpha value is -4.78. The van der Waals surface area contributed by atoms with Crippen LogP contribution in [0.1, 0.15) is 41.5 Å². The standard InChI is InChI=1S/C30H35N5O8/c1-31-14-27(40)35(2)28-19-6-7-21(18-4-5-18)22(11-19)23-9-17(3-8-25(23)38)10-24(34-26(39)13-33-30(28)42)29(41)32-12-20(37)15-43-16-36/h3,6-9,11,16,18,24,28,31,38H,4-5,10,12-15H2,1-2H3,(H,32,41)(H,33,42)(H,34,39). The summed E-state index contributed by atoms with van der Waals surface area (Å²) in [4.78, 5) is 76.0. The number of aromatic hydroxyl groups is 1. The third-order valence-electron chi connectivity index (χ3n) is 7.41. The van der Waals surface area contributed by atoms with Crippen molar-refractivity contribution in [1.82, 2.24) is 26.2 Å². The molecule has 0 radical (unpaired) electrons. The average Bonchev–Trinajstić information content (AvgIpc) is 3.83. The molecule has 0 aromatic heterocycles. The average molecular weight is 594 g/mol. The Bertz CT molecular complexity index is 1420. The first kappa shape index (κ1) is 31.2. The zero-order chi connectivity index (χ0) is 31.1. The second kappa shape index (κ2) is 13.9. The molecule has 0 saturated heterocycles. The van der Waals surface area contributed by atoms with Crippen LogP contribution < -0.4 is 21.3 Å². The Kier molecular flexibility index (Phi) is 10.1. The fourth-order valence-corrected chi connectivity index (χ4v) is 5.07. The maximum absolute atomic E-state index is 13.5. The number of Topliss-reactive ketones (excluding diaryl/α,β-unsaturated/α-hetero) is 1. The summed E-state index contributed by atoms with van der Waals surface area (Å²) >= 11 is 0. The van der Waals surface area contributed by atoms with E-state index in [2.05, 4.69) is 26.0 Å². The summed E-state index contributed by atoms with van der Waals surface area (Å²) in [6.45, 7) is -1.31. The molecule has 43 heavy (non-hydrogen) atoms. The highest BCUT2D eigenvalue weighted by Crippen LogP contribution is 2.47. The summed E-state index contributed by atoms with van der Waals surface area (Å²) in [7, 11) is 3.12. The molecule has 228 valence electrons. The van der Waals surface area contributed by atoms with Gasteiger partial charge in [-0.05, 0) is 66.3 Å². The van der Waals surface area contributed by atoms with Gasteiger partial charge in [0, 0.05) is 19.0 Å². The molecule has 1 heterocycles. The second-order valence-corrected chi connectivity index (χ2v) is 10.6. The van der Waals surface area contributed by atoms with Crippen molar-refractivity contribution in [2.24, 2.45) is 0 Å². The number of hydrogen-bond acceptors (Lipinski definition) is 9. The van der Waals surface area contributed by atoms with Gasteiger partial charge in [0.2, 0.25) is 23.6 Å². The van der Waals surface area contributed by atoms with Gasteiger partial charge in [-0.15, -0.1) is 0 Å². The summed E-state index contributed by atoms with van der Waals surface area (Å²) in [5.41, 5.74) is 3.30. The Labute approximate surface area is 248 Å². The minimum absolute atomic E-state index is 0.0127. The van der Waals surface area contributed by atoms with Crippen molar-refractivity contribution in [1.29, 1.82) is 0 Å². The second-order valence-electron chi connectivity index (χ2n) is 10.6. The van der Waals surface area contributed by atoms with E-state index in [1.54, 1.807) is 31.3 Å². The number of phenolic OH excluding ortho intramolecular Hbond substituents is 1. The first-order valence-corrected chi connectivity index (χ1v) is 13.9. The van der Waals surface area contributed by atoms with E-state index in [-0.39, 0.29) is 37.0 Å². The van der Waals surface area contributed by atoms with Gasteiger partial charge in [-0.1, -0.05) is 18.2 Å². The molecule has 0 spiro atoms. The van der Waals surface area contributed by atoms with Crippen molar-refractivity contribution in [3.8, 4) is 16.9 Å². The summed E-state index contributed by atoms with van der Waals surface area (Å²) in [5.74, 6) is -2.59. The molecule has 1 saturated carbocycles. The van der Waals surface area contributed by atoms with Gasteiger partial charge in [-0.25, -0.2) is 0 Å². The van der Waals surface area contributed by atoms with Crippen LogP contribution in [-0.4, -0.2) is 92.3 Å². The third kappa shape index (κ3) is 7.74. The summed E-state index contributed by atoms with van der Waals surface area (Å²) in [6.07, 6.45) is 1.96. The van der Waals surface area contributed by atoms with Gasteiger partial charge in [-0.3, -0.25) is 28.8 Å². The summed E-state index contributed by atoms with van der Waals surface area (Å²) < 4.78 is 4.42. The van der Waals surface area contributed by atoms with Crippen LogP contribution in [0.2, 0.25) is 0 Å². The molecule has 4 rings (SSSR count). The van der Waals surface area contributed by atoms with Crippen LogP contribution in [0.5, 0.6) is 5.75 Å². The molecule has 13 nitrogen and oxygen atoms in total. The molecule has 2 aromatic rings. The first-order valence-electron chi connectivity index (χ1n) is 13.9. The zero-order valence-electron chi connectivity index (χ0n) is 24.0. The minimum atomic E-state index is -1.14. The molecule has 1 aliphatic carbocycles. The number of rotatable bonds is 10. The molecule has 4 amide bonds. The highest BCUT2D eigenvalue weighted by molar-refractivity contribution is 5.95. The molecule has 2 aromatic carbocycles. The number of fused-ring (bicyclic) bond motifs is 5. The molecule has 2 atom stereocenters. The monoisotopic (exact) mass is 593 g/mol.